The van der Waals surface area contributed by atoms with E-state index >= 15 is 0 Å². The van der Waals surface area contributed by atoms with Crippen molar-refractivity contribution in [3.63, 3.8) is 0 Å². The molecule has 3 aromatic carbocycles. The van der Waals surface area contributed by atoms with Crippen molar-refractivity contribution in [1.82, 2.24) is 4.90 Å². The Labute approximate surface area is 229 Å². The third kappa shape index (κ3) is 5.71. The molecule has 0 atom stereocenters. The van der Waals surface area contributed by atoms with Gasteiger partial charge in [0.25, 0.3) is 16.8 Å². The molecule has 4 rings (SSSR count). The van der Waals surface area contributed by atoms with Crippen LogP contribution in [0.25, 0.3) is 6.08 Å². The first-order valence-electron chi connectivity index (χ1n) is 10.9. The molecule has 3 aromatic rings. The van der Waals surface area contributed by atoms with Gasteiger partial charge in [-0.05, 0) is 75.7 Å². The SMILES string of the molecule is COc1ccc(C(=O)Oc2c(Br)cc(/C=C3\SC(=O)N(Cc4ccccc4[N+](=O)[O-])C3=O)cc2OC)cc1. The number of ether oxygens (including phenoxy) is 3. The van der Waals surface area contributed by atoms with E-state index in [0.717, 1.165) is 16.7 Å². The number of thioether (sulfide) groups is 1. The van der Waals surface area contributed by atoms with Crippen LogP contribution in [0.3, 0.4) is 0 Å². The number of rotatable bonds is 8. The Hall–Kier alpha value is -4.16. The summed E-state index contributed by atoms with van der Waals surface area (Å²) in [5.74, 6) is -0.253. The second-order valence-electron chi connectivity index (χ2n) is 7.81. The average molecular weight is 599 g/mol. The number of para-hydroxylation sites is 1. The van der Waals surface area contributed by atoms with Crippen LogP contribution in [0.5, 0.6) is 17.2 Å². The van der Waals surface area contributed by atoms with E-state index < -0.39 is 22.0 Å². The van der Waals surface area contributed by atoms with Gasteiger partial charge in [-0.2, -0.15) is 0 Å². The number of nitro benzene ring substituents is 1. The maximum atomic E-state index is 13.0. The molecule has 1 aliphatic rings. The highest BCUT2D eigenvalue weighted by molar-refractivity contribution is 9.10. The molecule has 194 valence electrons. The fourth-order valence-electron chi connectivity index (χ4n) is 3.58. The Bertz CT molecular complexity index is 1470. The van der Waals surface area contributed by atoms with Gasteiger partial charge in [-0.3, -0.25) is 24.6 Å². The van der Waals surface area contributed by atoms with Gasteiger partial charge in [0.2, 0.25) is 0 Å². The zero-order valence-corrected chi connectivity index (χ0v) is 22.4. The van der Waals surface area contributed by atoms with Gasteiger partial charge < -0.3 is 14.2 Å². The van der Waals surface area contributed by atoms with Crippen LogP contribution in [-0.2, 0) is 11.3 Å². The molecule has 12 heteroatoms. The van der Waals surface area contributed by atoms with Crippen LogP contribution in [0.4, 0.5) is 10.5 Å². The van der Waals surface area contributed by atoms with Crippen LogP contribution in [0.1, 0.15) is 21.5 Å². The Morgan fingerprint density at radius 3 is 2.45 bits per heavy atom. The van der Waals surface area contributed by atoms with Gasteiger partial charge in [0.15, 0.2) is 11.5 Å². The summed E-state index contributed by atoms with van der Waals surface area (Å²) in [7, 11) is 2.92. The van der Waals surface area contributed by atoms with E-state index in [1.165, 1.54) is 38.5 Å². The van der Waals surface area contributed by atoms with Crippen molar-refractivity contribution in [2.24, 2.45) is 0 Å². The Morgan fingerprint density at radius 1 is 1.08 bits per heavy atom. The lowest BCUT2D eigenvalue weighted by atomic mass is 10.1. The van der Waals surface area contributed by atoms with Crippen LogP contribution in [0.2, 0.25) is 0 Å². The number of carbonyl (C=O) groups is 3. The smallest absolute Gasteiger partial charge is 0.343 e. The number of hydrogen-bond acceptors (Lipinski definition) is 9. The third-order valence-electron chi connectivity index (χ3n) is 5.46. The molecule has 0 unspecified atom stereocenters. The summed E-state index contributed by atoms with van der Waals surface area (Å²) in [6, 6.07) is 15.5. The molecule has 0 bridgehead atoms. The first-order chi connectivity index (χ1) is 18.2. The molecule has 1 fully saturated rings. The zero-order valence-electron chi connectivity index (χ0n) is 20.0. The van der Waals surface area contributed by atoms with Gasteiger partial charge in [-0.15, -0.1) is 0 Å². The van der Waals surface area contributed by atoms with E-state index in [4.69, 9.17) is 14.2 Å². The van der Waals surface area contributed by atoms with Crippen molar-refractivity contribution in [1.29, 1.82) is 0 Å². The normalized spacial score (nSPS) is 14.1. The number of nitro groups is 1. The Morgan fingerprint density at radius 2 is 1.79 bits per heavy atom. The predicted molar refractivity (Wildman–Crippen MR) is 143 cm³/mol. The van der Waals surface area contributed by atoms with Crippen LogP contribution >= 0.6 is 27.7 Å². The van der Waals surface area contributed by atoms with E-state index in [9.17, 15) is 24.5 Å². The van der Waals surface area contributed by atoms with Gasteiger partial charge in [-0.1, -0.05) is 18.2 Å². The number of esters is 1. The lowest BCUT2D eigenvalue weighted by Crippen LogP contribution is -2.27. The molecule has 10 nitrogen and oxygen atoms in total. The monoisotopic (exact) mass is 598 g/mol. The summed E-state index contributed by atoms with van der Waals surface area (Å²) in [5, 5.41) is 10.8. The largest absolute Gasteiger partial charge is 0.497 e. The molecular formula is C26H19BrN2O8S. The minimum atomic E-state index is -0.615. The lowest BCUT2D eigenvalue weighted by molar-refractivity contribution is -0.385. The molecule has 0 saturated carbocycles. The number of nitrogens with zero attached hydrogens (tertiary/aromatic N) is 2. The van der Waals surface area contributed by atoms with Crippen molar-refractivity contribution in [3.8, 4) is 17.2 Å². The van der Waals surface area contributed by atoms with Crippen LogP contribution < -0.4 is 14.2 Å². The molecule has 0 aliphatic carbocycles. The maximum absolute atomic E-state index is 13.0. The van der Waals surface area contributed by atoms with Gasteiger partial charge >= 0.3 is 5.97 Å². The molecule has 0 N–H and O–H groups in total. The Balaban J connectivity index is 1.56. The number of halogens is 1. The maximum Gasteiger partial charge on any atom is 0.343 e. The van der Waals surface area contributed by atoms with Gasteiger partial charge in [0.1, 0.15) is 5.75 Å². The first kappa shape index (κ1) is 26.9. The average Bonchev–Trinajstić information content (AvgIpc) is 3.17. The van der Waals surface area contributed by atoms with Crippen LogP contribution in [0.15, 0.2) is 70.0 Å². The molecule has 2 amide bonds. The summed E-state index contributed by atoms with van der Waals surface area (Å²) >= 11 is 4.10. The topological polar surface area (TPSA) is 125 Å². The molecule has 0 spiro atoms. The number of carbonyl (C=O) groups excluding carboxylic acids is 3. The molecule has 1 heterocycles. The van der Waals surface area contributed by atoms with E-state index in [1.54, 1.807) is 42.5 Å². The zero-order chi connectivity index (χ0) is 27.4. The lowest BCUT2D eigenvalue weighted by Gasteiger charge is -2.13. The summed E-state index contributed by atoms with van der Waals surface area (Å²) < 4.78 is 16.4. The van der Waals surface area contributed by atoms with E-state index in [2.05, 4.69) is 15.9 Å². The number of amides is 2. The number of hydrogen-bond donors (Lipinski definition) is 0. The summed E-state index contributed by atoms with van der Waals surface area (Å²) in [5.41, 5.74) is 0.864. The standard InChI is InChI=1S/C26H19BrN2O8S/c1-35-18-9-7-16(8-10-18)25(31)37-23-19(27)11-15(12-21(23)36-2)13-22-24(30)28(26(32)38-22)14-17-5-3-4-6-20(17)29(33)34/h3-13H,14H2,1-2H3/b22-13-. The highest BCUT2D eigenvalue weighted by atomic mass is 79.9. The first-order valence-corrected chi connectivity index (χ1v) is 12.5. The third-order valence-corrected chi connectivity index (χ3v) is 6.96. The number of methoxy groups -OCH3 is 2. The summed E-state index contributed by atoms with van der Waals surface area (Å²) in [6.07, 6.45) is 1.49. The summed E-state index contributed by atoms with van der Waals surface area (Å²) in [4.78, 5) is 50.0. The molecule has 1 aliphatic heterocycles. The molecule has 0 aromatic heterocycles. The highest BCUT2D eigenvalue weighted by Crippen LogP contribution is 2.40. The van der Waals surface area contributed by atoms with E-state index in [0.29, 0.717) is 21.3 Å². The molecule has 1 saturated heterocycles. The molecule has 38 heavy (non-hydrogen) atoms. The fourth-order valence-corrected chi connectivity index (χ4v) is 4.96. The predicted octanol–water partition coefficient (Wildman–Crippen LogP) is 5.83. The van der Waals surface area contributed by atoms with Gasteiger partial charge in [-0.25, -0.2) is 4.79 Å². The van der Waals surface area contributed by atoms with Crippen molar-refractivity contribution in [2.45, 2.75) is 6.54 Å². The summed E-state index contributed by atoms with van der Waals surface area (Å²) in [6.45, 7) is -0.230. The second kappa shape index (κ2) is 11.5. The second-order valence-corrected chi connectivity index (χ2v) is 9.65. The van der Waals surface area contributed by atoms with E-state index in [1.807, 2.05) is 0 Å². The molecular weight excluding hydrogens is 580 g/mol. The van der Waals surface area contributed by atoms with Gasteiger partial charge in [0, 0.05) is 11.6 Å². The van der Waals surface area contributed by atoms with Crippen molar-refractivity contribution < 1.29 is 33.5 Å². The molecule has 0 radical (unpaired) electrons. The van der Waals surface area contributed by atoms with Crippen molar-refractivity contribution in [2.75, 3.05) is 14.2 Å². The van der Waals surface area contributed by atoms with Crippen molar-refractivity contribution >= 4 is 56.6 Å². The quantitative estimate of drug-likeness (QED) is 0.103. The van der Waals surface area contributed by atoms with Crippen LogP contribution in [0, 0.1) is 10.1 Å². The van der Waals surface area contributed by atoms with E-state index in [-0.39, 0.29) is 34.2 Å². The van der Waals surface area contributed by atoms with Crippen LogP contribution in [-0.4, -0.2) is 41.2 Å². The fraction of sp³-hybridized carbons (Fsp3) is 0.115. The van der Waals surface area contributed by atoms with Crippen molar-refractivity contribution in [3.05, 3.63) is 96.8 Å². The highest BCUT2D eigenvalue weighted by Gasteiger charge is 2.36. The van der Waals surface area contributed by atoms with Gasteiger partial charge in [0.05, 0.1) is 40.6 Å². The Kier molecular flexibility index (Phi) is 8.13. The minimum absolute atomic E-state index is 0.130. The number of benzene rings is 3. The minimum Gasteiger partial charge on any atom is -0.497 e. The number of imide groups is 1.